The summed E-state index contributed by atoms with van der Waals surface area (Å²) >= 11 is 0. The van der Waals surface area contributed by atoms with Crippen molar-refractivity contribution in [3.63, 3.8) is 0 Å². The van der Waals surface area contributed by atoms with Crippen LogP contribution in [-0.2, 0) is 11.2 Å². The molecule has 4 nitrogen and oxygen atoms in total. The van der Waals surface area contributed by atoms with E-state index in [9.17, 15) is 4.79 Å². The zero-order valence-electron chi connectivity index (χ0n) is 6.56. The minimum absolute atomic E-state index is 0.135. The summed E-state index contributed by atoms with van der Waals surface area (Å²) in [5.41, 5.74) is 5.27. The molecule has 12 heavy (non-hydrogen) atoms. The van der Waals surface area contributed by atoms with Crippen LogP contribution < -0.4 is 5.73 Å². The monoisotopic (exact) mass is 169 g/mol. The summed E-state index contributed by atoms with van der Waals surface area (Å²) in [5.74, 6) is -0.766. The number of carboxylic acid groups (broad SMARTS) is 1. The van der Waals surface area contributed by atoms with E-state index >= 15 is 0 Å². The van der Waals surface area contributed by atoms with Gasteiger partial charge in [0.25, 0.3) is 0 Å². The highest BCUT2D eigenvalue weighted by molar-refractivity contribution is 5.70. The van der Waals surface area contributed by atoms with Crippen LogP contribution in [0.15, 0.2) is 22.8 Å². The fourth-order valence-corrected chi connectivity index (χ4v) is 0.943. The van der Waals surface area contributed by atoms with Gasteiger partial charge in [0.1, 0.15) is 5.76 Å². The maximum absolute atomic E-state index is 10.5. The van der Waals surface area contributed by atoms with Crippen molar-refractivity contribution in [2.24, 2.45) is 11.7 Å². The Balaban J connectivity index is 2.54. The molecule has 0 saturated carbocycles. The van der Waals surface area contributed by atoms with Crippen LogP contribution in [0, 0.1) is 5.92 Å². The summed E-state index contributed by atoms with van der Waals surface area (Å²) in [6.07, 6.45) is 1.88. The van der Waals surface area contributed by atoms with E-state index in [0.717, 1.165) is 0 Å². The van der Waals surface area contributed by atoms with Gasteiger partial charge in [-0.25, -0.2) is 0 Å². The number of furan rings is 1. The number of rotatable bonds is 4. The second-order valence-electron chi connectivity index (χ2n) is 2.55. The van der Waals surface area contributed by atoms with E-state index in [1.165, 1.54) is 6.26 Å². The lowest BCUT2D eigenvalue weighted by Gasteiger charge is -2.05. The molecule has 1 atom stereocenters. The maximum Gasteiger partial charge on any atom is 0.308 e. The van der Waals surface area contributed by atoms with Gasteiger partial charge in [-0.1, -0.05) is 0 Å². The van der Waals surface area contributed by atoms with E-state index in [4.69, 9.17) is 15.3 Å². The van der Waals surface area contributed by atoms with Gasteiger partial charge in [-0.2, -0.15) is 0 Å². The third-order valence-corrected chi connectivity index (χ3v) is 1.66. The largest absolute Gasteiger partial charge is 0.481 e. The van der Waals surface area contributed by atoms with Crippen molar-refractivity contribution in [2.75, 3.05) is 6.54 Å². The fourth-order valence-electron chi connectivity index (χ4n) is 0.943. The lowest BCUT2D eigenvalue weighted by Crippen LogP contribution is -2.25. The summed E-state index contributed by atoms with van der Waals surface area (Å²) in [4.78, 5) is 10.5. The average Bonchev–Trinajstić information content (AvgIpc) is 2.51. The highest BCUT2D eigenvalue weighted by atomic mass is 16.4. The molecule has 0 amide bonds. The third kappa shape index (κ3) is 2.10. The van der Waals surface area contributed by atoms with Gasteiger partial charge in [0.15, 0.2) is 0 Å². The summed E-state index contributed by atoms with van der Waals surface area (Å²) in [6, 6.07) is 3.47. The van der Waals surface area contributed by atoms with Gasteiger partial charge in [0.05, 0.1) is 12.2 Å². The molecule has 0 saturated heterocycles. The number of hydrogen-bond acceptors (Lipinski definition) is 3. The average molecular weight is 169 g/mol. The van der Waals surface area contributed by atoms with Crippen LogP contribution in [0.4, 0.5) is 0 Å². The van der Waals surface area contributed by atoms with Crippen LogP contribution in [0.5, 0.6) is 0 Å². The normalized spacial score (nSPS) is 12.8. The molecule has 1 aromatic heterocycles. The van der Waals surface area contributed by atoms with Crippen molar-refractivity contribution in [1.82, 2.24) is 0 Å². The minimum atomic E-state index is -0.881. The molecular weight excluding hydrogens is 158 g/mol. The maximum atomic E-state index is 10.5. The van der Waals surface area contributed by atoms with Crippen LogP contribution >= 0.6 is 0 Å². The zero-order valence-corrected chi connectivity index (χ0v) is 6.56. The summed E-state index contributed by atoms with van der Waals surface area (Å²) in [5, 5.41) is 8.65. The first-order valence-electron chi connectivity index (χ1n) is 3.69. The van der Waals surface area contributed by atoms with E-state index in [-0.39, 0.29) is 6.54 Å². The van der Waals surface area contributed by atoms with Gasteiger partial charge in [0.2, 0.25) is 0 Å². The first-order valence-corrected chi connectivity index (χ1v) is 3.69. The molecule has 0 aliphatic carbocycles. The molecule has 0 fully saturated rings. The number of carboxylic acids is 1. The predicted octanol–water partition coefficient (Wildman–Crippen LogP) is 0.482. The third-order valence-electron chi connectivity index (χ3n) is 1.66. The molecule has 0 radical (unpaired) electrons. The van der Waals surface area contributed by atoms with Gasteiger partial charge >= 0.3 is 5.97 Å². The molecular formula is C8H11NO3. The molecule has 0 bridgehead atoms. The molecule has 1 heterocycles. The Bertz CT molecular complexity index is 243. The van der Waals surface area contributed by atoms with Crippen molar-refractivity contribution < 1.29 is 14.3 Å². The van der Waals surface area contributed by atoms with E-state index in [1.54, 1.807) is 12.1 Å². The van der Waals surface area contributed by atoms with Crippen molar-refractivity contribution in [1.29, 1.82) is 0 Å². The molecule has 0 aliphatic rings. The Hall–Kier alpha value is -1.29. The molecule has 4 heteroatoms. The van der Waals surface area contributed by atoms with Gasteiger partial charge in [-0.15, -0.1) is 0 Å². The van der Waals surface area contributed by atoms with Crippen LogP contribution in [0.1, 0.15) is 5.76 Å². The predicted molar refractivity (Wildman–Crippen MR) is 42.6 cm³/mol. The molecule has 0 aromatic carbocycles. The summed E-state index contributed by atoms with van der Waals surface area (Å²) in [7, 11) is 0. The fraction of sp³-hybridized carbons (Fsp3) is 0.375. The highest BCUT2D eigenvalue weighted by Crippen LogP contribution is 2.08. The van der Waals surface area contributed by atoms with Crippen molar-refractivity contribution >= 4 is 5.97 Å². The number of carbonyl (C=O) groups is 1. The van der Waals surface area contributed by atoms with Crippen LogP contribution in [0.2, 0.25) is 0 Å². The van der Waals surface area contributed by atoms with E-state index in [1.807, 2.05) is 0 Å². The lowest BCUT2D eigenvalue weighted by atomic mass is 10.1. The van der Waals surface area contributed by atoms with E-state index < -0.39 is 11.9 Å². The molecule has 1 aromatic rings. The summed E-state index contributed by atoms with van der Waals surface area (Å²) < 4.78 is 5.00. The zero-order chi connectivity index (χ0) is 8.97. The smallest absolute Gasteiger partial charge is 0.308 e. The highest BCUT2D eigenvalue weighted by Gasteiger charge is 2.16. The van der Waals surface area contributed by atoms with Crippen LogP contribution in [0.3, 0.4) is 0 Å². The second kappa shape index (κ2) is 3.92. The molecule has 3 N–H and O–H groups in total. The Morgan fingerprint density at radius 3 is 2.92 bits per heavy atom. The topological polar surface area (TPSA) is 76.5 Å². The molecule has 0 spiro atoms. The summed E-state index contributed by atoms with van der Waals surface area (Å²) in [6.45, 7) is 0.135. The SMILES string of the molecule is NCC(Cc1ccco1)C(=O)O. The first kappa shape index (κ1) is 8.80. The Morgan fingerprint density at radius 2 is 2.50 bits per heavy atom. The van der Waals surface area contributed by atoms with Crippen molar-refractivity contribution in [3.05, 3.63) is 24.2 Å². The van der Waals surface area contributed by atoms with Gasteiger partial charge in [-0.05, 0) is 12.1 Å². The standard InChI is InChI=1S/C8H11NO3/c9-5-6(8(10)11)4-7-2-1-3-12-7/h1-3,6H,4-5,9H2,(H,10,11). The molecule has 0 aliphatic heterocycles. The van der Waals surface area contributed by atoms with Gasteiger partial charge < -0.3 is 15.3 Å². The Labute approximate surface area is 70.0 Å². The van der Waals surface area contributed by atoms with E-state index in [0.29, 0.717) is 12.2 Å². The van der Waals surface area contributed by atoms with Crippen LogP contribution in [0.25, 0.3) is 0 Å². The van der Waals surface area contributed by atoms with E-state index in [2.05, 4.69) is 0 Å². The Morgan fingerprint density at radius 1 is 1.75 bits per heavy atom. The van der Waals surface area contributed by atoms with Crippen molar-refractivity contribution in [3.8, 4) is 0 Å². The lowest BCUT2D eigenvalue weighted by molar-refractivity contribution is -0.141. The first-order chi connectivity index (χ1) is 5.74. The molecule has 66 valence electrons. The van der Waals surface area contributed by atoms with Crippen molar-refractivity contribution in [2.45, 2.75) is 6.42 Å². The number of aliphatic carboxylic acids is 1. The van der Waals surface area contributed by atoms with Gasteiger partial charge in [-0.3, -0.25) is 4.79 Å². The molecule has 1 unspecified atom stereocenters. The number of nitrogens with two attached hydrogens (primary N) is 1. The second-order valence-corrected chi connectivity index (χ2v) is 2.55. The molecule has 1 rings (SSSR count). The minimum Gasteiger partial charge on any atom is -0.481 e. The Kier molecular flexibility index (Phi) is 2.88. The van der Waals surface area contributed by atoms with Gasteiger partial charge in [0, 0.05) is 13.0 Å². The number of hydrogen-bond donors (Lipinski definition) is 2. The van der Waals surface area contributed by atoms with Crippen LogP contribution in [-0.4, -0.2) is 17.6 Å². The quantitative estimate of drug-likeness (QED) is 0.687.